The molecule has 1 aliphatic heterocycles. The van der Waals surface area contributed by atoms with E-state index in [9.17, 15) is 14.4 Å². The van der Waals surface area contributed by atoms with Crippen molar-refractivity contribution in [3.63, 3.8) is 0 Å². The van der Waals surface area contributed by atoms with Crippen LogP contribution in [0, 0.1) is 0 Å². The molecule has 0 fully saturated rings. The molecule has 2 aromatic rings. The highest BCUT2D eigenvalue weighted by atomic mass is 16.6. The molecule has 0 aromatic heterocycles. The van der Waals surface area contributed by atoms with Crippen molar-refractivity contribution in [3.8, 4) is 11.5 Å². The Morgan fingerprint density at radius 3 is 2.58 bits per heavy atom. The number of ether oxygens (including phenoxy) is 2. The Kier molecular flexibility index (Phi) is 5.17. The summed E-state index contributed by atoms with van der Waals surface area (Å²) >= 11 is 0. The van der Waals surface area contributed by atoms with E-state index in [2.05, 4.69) is 10.6 Å². The minimum absolute atomic E-state index is 0.125. The van der Waals surface area contributed by atoms with Crippen molar-refractivity contribution < 1.29 is 23.9 Å². The molecule has 2 N–H and O–H groups in total. The third-order valence-electron chi connectivity index (χ3n) is 3.79. The summed E-state index contributed by atoms with van der Waals surface area (Å²) in [6.07, 6.45) is -0.386. The van der Waals surface area contributed by atoms with E-state index in [1.165, 1.54) is 13.0 Å². The summed E-state index contributed by atoms with van der Waals surface area (Å²) in [7, 11) is 0. The standard InChI is InChI=1S/C19H18N2O5/c1-12(22)13-5-4-6-14(9-13)21-19(24)18(23)20-10-15-11-25-16-7-2-3-8-17(16)26-15/h2-9,15H,10-11H2,1H3,(H,20,23)(H,21,24). The van der Waals surface area contributed by atoms with Crippen molar-refractivity contribution in [1.82, 2.24) is 5.32 Å². The number of ketones is 1. The molecule has 0 saturated carbocycles. The van der Waals surface area contributed by atoms with Crippen LogP contribution in [-0.4, -0.2) is 36.9 Å². The van der Waals surface area contributed by atoms with Gasteiger partial charge in [0.1, 0.15) is 12.7 Å². The van der Waals surface area contributed by atoms with E-state index in [4.69, 9.17) is 9.47 Å². The van der Waals surface area contributed by atoms with Gasteiger partial charge in [0.25, 0.3) is 0 Å². The van der Waals surface area contributed by atoms with E-state index in [-0.39, 0.29) is 25.0 Å². The molecular weight excluding hydrogens is 336 g/mol. The van der Waals surface area contributed by atoms with E-state index >= 15 is 0 Å². The average Bonchev–Trinajstić information content (AvgIpc) is 2.66. The number of nitrogens with one attached hydrogen (secondary N) is 2. The lowest BCUT2D eigenvalue weighted by atomic mass is 10.1. The van der Waals surface area contributed by atoms with Crippen molar-refractivity contribution in [3.05, 3.63) is 54.1 Å². The van der Waals surface area contributed by atoms with Gasteiger partial charge in [-0.3, -0.25) is 14.4 Å². The first-order valence-electron chi connectivity index (χ1n) is 8.11. The number of Topliss-reactive ketones (excluding diaryl/α,β-unsaturated/α-hetero) is 1. The van der Waals surface area contributed by atoms with Crippen LogP contribution in [0.5, 0.6) is 11.5 Å². The fraction of sp³-hybridized carbons (Fsp3) is 0.211. The third kappa shape index (κ3) is 4.18. The Bertz CT molecular complexity index is 849. The van der Waals surface area contributed by atoms with Crippen molar-refractivity contribution in [2.75, 3.05) is 18.5 Å². The van der Waals surface area contributed by atoms with Crippen LogP contribution in [0.2, 0.25) is 0 Å². The highest BCUT2D eigenvalue weighted by molar-refractivity contribution is 6.39. The molecule has 0 aliphatic carbocycles. The smallest absolute Gasteiger partial charge is 0.313 e. The first-order valence-corrected chi connectivity index (χ1v) is 8.11. The van der Waals surface area contributed by atoms with Gasteiger partial charge in [0.05, 0.1) is 6.54 Å². The molecule has 2 aromatic carbocycles. The average molecular weight is 354 g/mol. The van der Waals surface area contributed by atoms with Gasteiger partial charge in [0.2, 0.25) is 0 Å². The van der Waals surface area contributed by atoms with Gasteiger partial charge in [0.15, 0.2) is 17.3 Å². The Morgan fingerprint density at radius 2 is 1.81 bits per heavy atom. The molecule has 1 aliphatic rings. The zero-order valence-corrected chi connectivity index (χ0v) is 14.2. The number of carbonyl (C=O) groups excluding carboxylic acids is 3. The van der Waals surface area contributed by atoms with Crippen molar-refractivity contribution in [1.29, 1.82) is 0 Å². The number of benzene rings is 2. The normalized spacial score (nSPS) is 15.0. The fourth-order valence-corrected chi connectivity index (χ4v) is 2.45. The zero-order valence-electron chi connectivity index (χ0n) is 14.2. The summed E-state index contributed by atoms with van der Waals surface area (Å²) < 4.78 is 11.3. The molecule has 2 amide bonds. The van der Waals surface area contributed by atoms with Crippen molar-refractivity contribution in [2.24, 2.45) is 0 Å². The Balaban J connectivity index is 1.51. The molecule has 0 saturated heterocycles. The van der Waals surface area contributed by atoms with E-state index < -0.39 is 11.8 Å². The molecule has 0 bridgehead atoms. The number of fused-ring (bicyclic) bond motifs is 1. The SMILES string of the molecule is CC(=O)c1cccc(NC(=O)C(=O)NCC2COc3ccccc3O2)c1. The minimum Gasteiger partial charge on any atom is -0.486 e. The number of carbonyl (C=O) groups is 3. The van der Waals surface area contributed by atoms with E-state index in [1.54, 1.807) is 30.3 Å². The number of hydrogen-bond donors (Lipinski definition) is 2. The van der Waals surface area contributed by atoms with Gasteiger partial charge in [-0.05, 0) is 31.2 Å². The predicted octanol–water partition coefficient (Wildman–Crippen LogP) is 1.78. The third-order valence-corrected chi connectivity index (χ3v) is 3.79. The van der Waals surface area contributed by atoms with E-state index in [0.29, 0.717) is 22.7 Å². The summed E-state index contributed by atoms with van der Waals surface area (Å²) in [6, 6.07) is 13.6. The minimum atomic E-state index is -0.817. The van der Waals surface area contributed by atoms with Crippen LogP contribution in [0.25, 0.3) is 0 Å². The second-order valence-electron chi connectivity index (χ2n) is 5.80. The maximum Gasteiger partial charge on any atom is 0.313 e. The molecule has 0 radical (unpaired) electrons. The zero-order chi connectivity index (χ0) is 18.5. The number of amides is 2. The van der Waals surface area contributed by atoms with Crippen LogP contribution in [0.15, 0.2) is 48.5 Å². The Labute approximate surface area is 150 Å². The van der Waals surface area contributed by atoms with Crippen LogP contribution >= 0.6 is 0 Å². The molecule has 7 nitrogen and oxygen atoms in total. The number of hydrogen-bond acceptors (Lipinski definition) is 5. The second-order valence-corrected chi connectivity index (χ2v) is 5.80. The molecule has 1 atom stereocenters. The maximum atomic E-state index is 12.0. The van der Waals surface area contributed by atoms with Crippen molar-refractivity contribution in [2.45, 2.75) is 13.0 Å². The van der Waals surface area contributed by atoms with Crippen molar-refractivity contribution >= 4 is 23.3 Å². The van der Waals surface area contributed by atoms with Crippen LogP contribution < -0.4 is 20.1 Å². The molecular formula is C19H18N2O5. The Hall–Kier alpha value is -3.35. The topological polar surface area (TPSA) is 93.7 Å². The highest BCUT2D eigenvalue weighted by Crippen LogP contribution is 2.30. The monoisotopic (exact) mass is 354 g/mol. The molecule has 26 heavy (non-hydrogen) atoms. The van der Waals surface area contributed by atoms with Gasteiger partial charge >= 0.3 is 11.8 Å². The van der Waals surface area contributed by atoms with E-state index in [0.717, 1.165) is 0 Å². The molecule has 3 rings (SSSR count). The lowest BCUT2D eigenvalue weighted by Crippen LogP contribution is -2.44. The first-order chi connectivity index (χ1) is 12.5. The van der Waals surface area contributed by atoms with Crippen LogP contribution in [0.1, 0.15) is 17.3 Å². The molecule has 0 spiro atoms. The number of anilines is 1. The summed E-state index contributed by atoms with van der Waals surface area (Å²) in [6.45, 7) is 1.84. The summed E-state index contributed by atoms with van der Waals surface area (Å²) in [5.41, 5.74) is 0.832. The molecule has 7 heteroatoms. The first kappa shape index (κ1) is 17.5. The second kappa shape index (κ2) is 7.69. The lowest BCUT2D eigenvalue weighted by Gasteiger charge is -2.26. The Morgan fingerprint density at radius 1 is 1.04 bits per heavy atom. The largest absolute Gasteiger partial charge is 0.486 e. The molecule has 1 unspecified atom stereocenters. The number of para-hydroxylation sites is 2. The fourth-order valence-electron chi connectivity index (χ4n) is 2.45. The predicted molar refractivity (Wildman–Crippen MR) is 94.4 cm³/mol. The van der Waals surface area contributed by atoms with E-state index in [1.807, 2.05) is 12.1 Å². The quantitative estimate of drug-likeness (QED) is 0.645. The van der Waals surface area contributed by atoms with Gasteiger partial charge in [-0.25, -0.2) is 0 Å². The lowest BCUT2D eigenvalue weighted by molar-refractivity contribution is -0.136. The van der Waals surface area contributed by atoms with Crippen LogP contribution in [0.3, 0.4) is 0 Å². The number of rotatable bonds is 4. The van der Waals surface area contributed by atoms with Gasteiger partial charge in [-0.15, -0.1) is 0 Å². The van der Waals surface area contributed by atoms with Crippen LogP contribution in [0.4, 0.5) is 5.69 Å². The summed E-state index contributed by atoms with van der Waals surface area (Å²) in [5.74, 6) is -0.481. The highest BCUT2D eigenvalue weighted by Gasteiger charge is 2.22. The van der Waals surface area contributed by atoms with Gasteiger partial charge in [-0.2, -0.15) is 0 Å². The summed E-state index contributed by atoms with van der Waals surface area (Å²) in [4.78, 5) is 35.3. The molecule has 1 heterocycles. The van der Waals surface area contributed by atoms with Gasteiger partial charge in [-0.1, -0.05) is 24.3 Å². The van der Waals surface area contributed by atoms with Gasteiger partial charge < -0.3 is 20.1 Å². The summed E-state index contributed by atoms with van der Waals surface area (Å²) in [5, 5.41) is 4.98. The van der Waals surface area contributed by atoms with Crippen LogP contribution in [-0.2, 0) is 9.59 Å². The molecule has 134 valence electrons. The van der Waals surface area contributed by atoms with Gasteiger partial charge in [0, 0.05) is 11.3 Å². The maximum absolute atomic E-state index is 12.0.